The van der Waals surface area contributed by atoms with Gasteiger partial charge in [0.25, 0.3) is 11.1 Å². The molecule has 7 heteroatoms. The van der Waals surface area contributed by atoms with Crippen LogP contribution >= 0.6 is 11.3 Å². The van der Waals surface area contributed by atoms with Crippen molar-refractivity contribution in [3.63, 3.8) is 0 Å². The molecule has 1 saturated heterocycles. The molecule has 0 radical (unpaired) electrons. The molecule has 0 saturated carbocycles. The Morgan fingerprint density at radius 3 is 2.92 bits per heavy atom. The molecule has 1 aromatic carbocycles. The number of nitrogens with zero attached hydrogens (tertiary/aromatic N) is 2. The van der Waals surface area contributed by atoms with Gasteiger partial charge < -0.3 is 14.6 Å². The summed E-state index contributed by atoms with van der Waals surface area (Å²) < 4.78 is 18.8. The predicted molar refractivity (Wildman–Crippen MR) is 93.2 cm³/mol. The first-order valence-electron chi connectivity index (χ1n) is 7.99. The molecule has 1 aliphatic heterocycles. The average molecular weight is 357 g/mol. The summed E-state index contributed by atoms with van der Waals surface area (Å²) in [6, 6.07) is 8.00. The molecule has 25 heavy (non-hydrogen) atoms. The van der Waals surface area contributed by atoms with Gasteiger partial charge in [-0.1, -0.05) is 23.5 Å². The SMILES string of the molecule is O=C(c1cc(-c2ccc(F)cc2)c[nH]1)N1CCC(Oc2nccs2)C1. The summed E-state index contributed by atoms with van der Waals surface area (Å²) >= 11 is 1.45. The van der Waals surface area contributed by atoms with Crippen LogP contribution in [0.2, 0.25) is 0 Å². The molecule has 1 aliphatic rings. The second-order valence-corrected chi connectivity index (χ2v) is 6.74. The summed E-state index contributed by atoms with van der Waals surface area (Å²) in [6.45, 7) is 1.20. The van der Waals surface area contributed by atoms with Gasteiger partial charge in [-0.05, 0) is 29.3 Å². The number of thiazole rings is 1. The van der Waals surface area contributed by atoms with Crippen molar-refractivity contribution in [2.24, 2.45) is 0 Å². The van der Waals surface area contributed by atoms with Crippen molar-refractivity contribution in [2.75, 3.05) is 13.1 Å². The quantitative estimate of drug-likeness (QED) is 0.777. The van der Waals surface area contributed by atoms with E-state index in [9.17, 15) is 9.18 Å². The number of halogens is 1. The van der Waals surface area contributed by atoms with Crippen LogP contribution in [-0.4, -0.2) is 40.0 Å². The Labute approximate surface area is 148 Å². The van der Waals surface area contributed by atoms with Crippen LogP contribution in [0.25, 0.3) is 11.1 Å². The summed E-state index contributed by atoms with van der Waals surface area (Å²) in [5.74, 6) is -0.336. The van der Waals surface area contributed by atoms with E-state index in [0.717, 1.165) is 17.5 Å². The van der Waals surface area contributed by atoms with Crippen LogP contribution < -0.4 is 4.74 Å². The maximum Gasteiger partial charge on any atom is 0.273 e. The predicted octanol–water partition coefficient (Wildman–Crippen LogP) is 3.57. The molecule has 1 unspecified atom stereocenters. The van der Waals surface area contributed by atoms with Crippen molar-refractivity contribution in [2.45, 2.75) is 12.5 Å². The Balaban J connectivity index is 1.42. The standard InChI is InChI=1S/C18H16FN3O2S/c19-14-3-1-12(2-4-14)13-9-16(21-10-13)17(23)22-7-5-15(11-22)24-18-20-6-8-25-18/h1-4,6,8-10,15,21H,5,7,11H2. The number of hydrogen-bond donors (Lipinski definition) is 1. The van der Waals surface area contributed by atoms with Gasteiger partial charge in [-0.25, -0.2) is 9.37 Å². The zero-order chi connectivity index (χ0) is 17.2. The lowest BCUT2D eigenvalue weighted by molar-refractivity contribution is 0.0767. The summed E-state index contributed by atoms with van der Waals surface area (Å²) in [5, 5.41) is 2.50. The van der Waals surface area contributed by atoms with E-state index in [-0.39, 0.29) is 17.8 Å². The molecule has 128 valence electrons. The van der Waals surface area contributed by atoms with E-state index in [2.05, 4.69) is 9.97 Å². The molecular weight excluding hydrogens is 341 g/mol. The topological polar surface area (TPSA) is 58.2 Å². The first-order valence-corrected chi connectivity index (χ1v) is 8.87. The van der Waals surface area contributed by atoms with Crippen molar-refractivity contribution >= 4 is 17.2 Å². The van der Waals surface area contributed by atoms with Crippen LogP contribution in [0.1, 0.15) is 16.9 Å². The highest BCUT2D eigenvalue weighted by atomic mass is 32.1. The van der Waals surface area contributed by atoms with Crippen molar-refractivity contribution in [1.29, 1.82) is 0 Å². The number of carbonyl (C=O) groups is 1. The molecule has 4 rings (SSSR count). The number of carbonyl (C=O) groups excluding carboxylic acids is 1. The number of nitrogens with one attached hydrogen (secondary N) is 1. The van der Waals surface area contributed by atoms with Gasteiger partial charge in [-0.2, -0.15) is 0 Å². The number of likely N-dealkylation sites (tertiary alicyclic amines) is 1. The van der Waals surface area contributed by atoms with Crippen molar-refractivity contribution in [1.82, 2.24) is 14.9 Å². The Morgan fingerprint density at radius 2 is 2.16 bits per heavy atom. The fourth-order valence-corrected chi connectivity index (χ4v) is 3.47. The highest BCUT2D eigenvalue weighted by Crippen LogP contribution is 2.24. The van der Waals surface area contributed by atoms with E-state index in [0.29, 0.717) is 24.0 Å². The molecule has 3 aromatic rings. The van der Waals surface area contributed by atoms with Gasteiger partial charge in [0.05, 0.1) is 6.54 Å². The Morgan fingerprint density at radius 1 is 1.32 bits per heavy atom. The zero-order valence-electron chi connectivity index (χ0n) is 13.3. The van der Waals surface area contributed by atoms with Gasteiger partial charge in [0, 0.05) is 30.7 Å². The molecule has 0 bridgehead atoms. The highest BCUT2D eigenvalue weighted by molar-refractivity contribution is 7.11. The van der Waals surface area contributed by atoms with Crippen molar-refractivity contribution < 1.29 is 13.9 Å². The molecule has 1 fully saturated rings. The lowest BCUT2D eigenvalue weighted by atomic mass is 10.1. The summed E-state index contributed by atoms with van der Waals surface area (Å²) in [7, 11) is 0. The number of H-pyrrole nitrogens is 1. The summed E-state index contributed by atoms with van der Waals surface area (Å²) in [4.78, 5) is 21.6. The number of hydrogen-bond acceptors (Lipinski definition) is 4. The molecule has 1 N–H and O–H groups in total. The second kappa shape index (κ2) is 6.68. The van der Waals surface area contributed by atoms with Gasteiger partial charge >= 0.3 is 0 Å². The fraction of sp³-hybridized carbons (Fsp3) is 0.222. The lowest BCUT2D eigenvalue weighted by Crippen LogP contribution is -2.31. The van der Waals surface area contributed by atoms with Crippen LogP contribution in [0.15, 0.2) is 48.1 Å². The first-order chi connectivity index (χ1) is 12.2. The lowest BCUT2D eigenvalue weighted by Gasteiger charge is -2.15. The molecule has 1 amide bonds. The Bertz CT molecular complexity index is 861. The van der Waals surface area contributed by atoms with Crippen molar-refractivity contribution in [3.8, 4) is 16.3 Å². The maximum absolute atomic E-state index is 13.0. The van der Waals surface area contributed by atoms with E-state index in [1.165, 1.54) is 23.5 Å². The maximum atomic E-state index is 13.0. The van der Waals surface area contributed by atoms with Gasteiger partial charge in [-0.15, -0.1) is 0 Å². The van der Waals surface area contributed by atoms with Crippen LogP contribution in [0, 0.1) is 5.82 Å². The number of rotatable bonds is 4. The summed E-state index contributed by atoms with van der Waals surface area (Å²) in [5.41, 5.74) is 2.25. The summed E-state index contributed by atoms with van der Waals surface area (Å²) in [6.07, 6.45) is 4.23. The Kier molecular flexibility index (Phi) is 4.23. The molecular formula is C18H16FN3O2S. The number of aromatic amines is 1. The van der Waals surface area contributed by atoms with Crippen molar-refractivity contribution in [3.05, 3.63) is 59.6 Å². The van der Waals surface area contributed by atoms with Gasteiger partial charge in [0.1, 0.15) is 17.6 Å². The van der Waals surface area contributed by atoms with E-state index in [4.69, 9.17) is 4.74 Å². The molecule has 2 aromatic heterocycles. The van der Waals surface area contributed by atoms with Crippen LogP contribution in [0.5, 0.6) is 5.19 Å². The van der Waals surface area contributed by atoms with Gasteiger partial charge in [0.2, 0.25) is 0 Å². The van der Waals surface area contributed by atoms with E-state index in [1.54, 1.807) is 35.5 Å². The third kappa shape index (κ3) is 3.41. The third-order valence-electron chi connectivity index (χ3n) is 4.20. The minimum atomic E-state index is -0.279. The van der Waals surface area contributed by atoms with E-state index in [1.807, 2.05) is 5.38 Å². The van der Waals surface area contributed by atoms with Crippen LogP contribution in [-0.2, 0) is 0 Å². The average Bonchev–Trinajstić information content (AvgIpc) is 3.37. The normalized spacial score (nSPS) is 17.0. The number of aromatic nitrogens is 2. The number of benzene rings is 1. The minimum absolute atomic E-state index is 0.0263. The minimum Gasteiger partial charge on any atom is -0.465 e. The van der Waals surface area contributed by atoms with Crippen LogP contribution in [0.4, 0.5) is 4.39 Å². The van der Waals surface area contributed by atoms with Gasteiger partial charge in [-0.3, -0.25) is 4.79 Å². The van der Waals surface area contributed by atoms with Crippen LogP contribution in [0.3, 0.4) is 0 Å². The number of ether oxygens (including phenoxy) is 1. The monoisotopic (exact) mass is 357 g/mol. The van der Waals surface area contributed by atoms with E-state index < -0.39 is 0 Å². The molecule has 0 aliphatic carbocycles. The largest absolute Gasteiger partial charge is 0.465 e. The molecule has 1 atom stereocenters. The highest BCUT2D eigenvalue weighted by Gasteiger charge is 2.29. The fourth-order valence-electron chi connectivity index (χ4n) is 2.92. The molecule has 5 nitrogen and oxygen atoms in total. The third-order valence-corrected chi connectivity index (χ3v) is 4.86. The first kappa shape index (κ1) is 15.8. The van der Waals surface area contributed by atoms with Gasteiger partial charge in [0.15, 0.2) is 0 Å². The smallest absolute Gasteiger partial charge is 0.273 e. The van der Waals surface area contributed by atoms with E-state index >= 15 is 0 Å². The second-order valence-electron chi connectivity index (χ2n) is 5.89. The molecule has 0 spiro atoms. The molecule has 3 heterocycles. The Hall–Kier alpha value is -2.67. The zero-order valence-corrected chi connectivity index (χ0v) is 14.1. The number of amides is 1.